The van der Waals surface area contributed by atoms with Gasteiger partial charge in [0.1, 0.15) is 5.75 Å². The van der Waals surface area contributed by atoms with Gasteiger partial charge in [0, 0.05) is 24.0 Å². The van der Waals surface area contributed by atoms with Gasteiger partial charge in [-0.05, 0) is 60.3 Å². The molecule has 0 unspecified atom stereocenters. The van der Waals surface area contributed by atoms with Gasteiger partial charge in [-0.15, -0.1) is 0 Å². The molecule has 2 atom stereocenters. The van der Waals surface area contributed by atoms with E-state index in [0.29, 0.717) is 12.1 Å². The van der Waals surface area contributed by atoms with Crippen molar-refractivity contribution in [3.8, 4) is 5.75 Å². The van der Waals surface area contributed by atoms with Gasteiger partial charge < -0.3 is 24.6 Å². The molecule has 8 heteroatoms. The summed E-state index contributed by atoms with van der Waals surface area (Å²) in [7, 11) is -0.756. The van der Waals surface area contributed by atoms with Crippen molar-refractivity contribution in [1.29, 1.82) is 0 Å². The number of H-pyrrole nitrogens is 1. The molecule has 1 heterocycles. The molecule has 0 saturated heterocycles. The first-order valence-corrected chi connectivity index (χ1v) is 15.6. The van der Waals surface area contributed by atoms with Crippen molar-refractivity contribution in [2.45, 2.75) is 70.8 Å². The third-order valence-corrected chi connectivity index (χ3v) is 11.7. The number of benzene rings is 2. The van der Waals surface area contributed by atoms with Crippen LogP contribution in [0.4, 0.5) is 0 Å². The molecular formula is C29H40N2O5Si. The highest BCUT2D eigenvalue weighted by Crippen LogP contribution is 2.41. The standard InChI is InChI=1S/C29H40N2O5Si/c1-19(15-20-9-8-10-21(16-20)17-27(34)35-5)30-18-25(36-37(6,7)29(2,3)4)22-11-13-24(32)28-23(22)12-14-26(33)31-28/h8-14,16,19,25,30,32H,15,17-18H2,1-7H3,(H,31,33)/t19-,25+/m1/s1. The third kappa shape index (κ3) is 7.31. The maximum absolute atomic E-state index is 11.9. The van der Waals surface area contributed by atoms with Crippen molar-refractivity contribution in [2.24, 2.45) is 0 Å². The number of methoxy groups -OCH3 is 1. The summed E-state index contributed by atoms with van der Waals surface area (Å²) in [6, 6.07) is 14.9. The zero-order valence-electron chi connectivity index (χ0n) is 23.0. The number of aromatic nitrogens is 1. The van der Waals surface area contributed by atoms with Crippen LogP contribution in [-0.4, -0.2) is 44.1 Å². The second kappa shape index (κ2) is 11.6. The van der Waals surface area contributed by atoms with E-state index in [9.17, 15) is 14.7 Å². The van der Waals surface area contributed by atoms with Gasteiger partial charge in [-0.1, -0.05) is 51.1 Å². The van der Waals surface area contributed by atoms with E-state index in [2.05, 4.69) is 57.2 Å². The van der Waals surface area contributed by atoms with E-state index in [4.69, 9.17) is 9.16 Å². The molecular weight excluding hydrogens is 484 g/mol. The molecule has 0 spiro atoms. The molecule has 3 rings (SSSR count). The Hall–Kier alpha value is -2.94. The fourth-order valence-corrected chi connectivity index (χ4v) is 5.40. The molecule has 3 N–H and O–H groups in total. The number of hydrogen-bond donors (Lipinski definition) is 3. The van der Waals surface area contributed by atoms with Crippen LogP contribution in [0.25, 0.3) is 10.9 Å². The molecule has 0 amide bonds. The monoisotopic (exact) mass is 524 g/mol. The minimum absolute atomic E-state index is 0.0119. The maximum atomic E-state index is 11.9. The number of nitrogens with one attached hydrogen (secondary N) is 2. The SMILES string of the molecule is COC(=O)Cc1cccc(C[C@@H](C)NC[C@H](O[Si](C)(C)C(C)(C)C)c2ccc(O)c3[nH]c(=O)ccc23)c1. The van der Waals surface area contributed by atoms with Crippen molar-refractivity contribution >= 4 is 25.2 Å². The second-order valence-corrected chi connectivity index (χ2v) is 16.0. The molecule has 1 aromatic heterocycles. The Morgan fingerprint density at radius 1 is 1.11 bits per heavy atom. The highest BCUT2D eigenvalue weighted by atomic mass is 28.4. The van der Waals surface area contributed by atoms with Gasteiger partial charge in [-0.3, -0.25) is 9.59 Å². The lowest BCUT2D eigenvalue weighted by atomic mass is 10.0. The average molecular weight is 525 g/mol. The summed E-state index contributed by atoms with van der Waals surface area (Å²) in [4.78, 5) is 26.4. The normalized spacial score (nSPS) is 13.9. The van der Waals surface area contributed by atoms with Crippen LogP contribution in [0.15, 0.2) is 53.3 Å². The van der Waals surface area contributed by atoms with E-state index in [0.717, 1.165) is 28.5 Å². The molecule has 7 nitrogen and oxygen atoms in total. The first kappa shape index (κ1) is 28.6. The molecule has 200 valence electrons. The Morgan fingerprint density at radius 3 is 2.49 bits per heavy atom. The third-order valence-electron chi connectivity index (χ3n) is 7.26. The summed E-state index contributed by atoms with van der Waals surface area (Å²) in [6.07, 6.45) is 0.763. The summed E-state index contributed by atoms with van der Waals surface area (Å²) in [6.45, 7) is 13.8. The minimum atomic E-state index is -2.15. The average Bonchev–Trinajstić information content (AvgIpc) is 2.82. The number of pyridine rings is 1. The Bertz CT molecular complexity index is 1300. The van der Waals surface area contributed by atoms with Gasteiger partial charge in [0.25, 0.3) is 0 Å². The first-order valence-electron chi connectivity index (χ1n) is 12.7. The lowest BCUT2D eigenvalue weighted by Gasteiger charge is -2.40. The predicted octanol–water partition coefficient (Wildman–Crippen LogP) is 5.23. The van der Waals surface area contributed by atoms with Gasteiger partial charge in [-0.2, -0.15) is 0 Å². The fraction of sp³-hybridized carbons (Fsp3) is 0.448. The van der Waals surface area contributed by atoms with E-state index >= 15 is 0 Å². The summed E-state index contributed by atoms with van der Waals surface area (Å²) < 4.78 is 11.7. The number of rotatable bonds is 10. The Kier molecular flexibility index (Phi) is 8.99. The van der Waals surface area contributed by atoms with Crippen LogP contribution >= 0.6 is 0 Å². The maximum Gasteiger partial charge on any atom is 0.309 e. The van der Waals surface area contributed by atoms with Gasteiger partial charge in [0.05, 0.1) is 25.2 Å². The number of fused-ring (bicyclic) bond motifs is 1. The Labute approximate surface area is 220 Å². The zero-order chi connectivity index (χ0) is 27.4. The number of carbonyl (C=O) groups is 1. The number of phenolic OH excluding ortho intramolecular Hbond substituents is 1. The molecule has 0 aliphatic rings. The quantitative estimate of drug-likeness (QED) is 0.248. The van der Waals surface area contributed by atoms with E-state index in [1.165, 1.54) is 13.2 Å². The summed E-state index contributed by atoms with van der Waals surface area (Å²) in [5.74, 6) is -0.216. The van der Waals surface area contributed by atoms with Crippen LogP contribution in [0.1, 0.15) is 50.5 Å². The molecule has 0 aliphatic carbocycles. The second-order valence-electron chi connectivity index (χ2n) is 11.2. The molecule has 0 aliphatic heterocycles. The molecule has 0 fully saturated rings. The Balaban J connectivity index is 1.85. The van der Waals surface area contributed by atoms with Crippen LogP contribution in [0.3, 0.4) is 0 Å². The first-order chi connectivity index (χ1) is 17.3. The van der Waals surface area contributed by atoms with Crippen molar-refractivity contribution in [3.63, 3.8) is 0 Å². The lowest BCUT2D eigenvalue weighted by Crippen LogP contribution is -2.44. The predicted molar refractivity (Wildman–Crippen MR) is 151 cm³/mol. The van der Waals surface area contributed by atoms with Crippen LogP contribution in [0.5, 0.6) is 5.75 Å². The molecule has 0 radical (unpaired) electrons. The van der Waals surface area contributed by atoms with Crippen molar-refractivity contribution in [1.82, 2.24) is 10.3 Å². The number of aromatic hydroxyl groups is 1. The summed E-state index contributed by atoms with van der Waals surface area (Å²) in [5.41, 5.74) is 3.15. The minimum Gasteiger partial charge on any atom is -0.506 e. The van der Waals surface area contributed by atoms with Crippen LogP contribution in [0, 0.1) is 0 Å². The van der Waals surface area contributed by atoms with E-state index in [-0.39, 0.29) is 40.9 Å². The molecule has 0 saturated carbocycles. The van der Waals surface area contributed by atoms with Crippen LogP contribution in [-0.2, 0) is 26.8 Å². The lowest BCUT2D eigenvalue weighted by molar-refractivity contribution is -0.139. The van der Waals surface area contributed by atoms with Gasteiger partial charge in [0.15, 0.2) is 8.32 Å². The topological polar surface area (TPSA) is 101 Å². The Morgan fingerprint density at radius 2 is 1.81 bits per heavy atom. The number of esters is 1. The number of carbonyl (C=O) groups excluding carboxylic acids is 1. The zero-order valence-corrected chi connectivity index (χ0v) is 24.0. The summed E-state index contributed by atoms with van der Waals surface area (Å²) >= 11 is 0. The van der Waals surface area contributed by atoms with Gasteiger partial charge in [0.2, 0.25) is 5.56 Å². The van der Waals surface area contributed by atoms with Gasteiger partial charge in [-0.25, -0.2) is 0 Å². The fourth-order valence-electron chi connectivity index (χ4n) is 4.13. The van der Waals surface area contributed by atoms with Crippen LogP contribution < -0.4 is 10.9 Å². The van der Waals surface area contributed by atoms with Crippen LogP contribution in [0.2, 0.25) is 18.1 Å². The van der Waals surface area contributed by atoms with Crippen molar-refractivity contribution in [3.05, 3.63) is 75.6 Å². The highest BCUT2D eigenvalue weighted by molar-refractivity contribution is 6.74. The number of aromatic amines is 1. The largest absolute Gasteiger partial charge is 0.506 e. The van der Waals surface area contributed by atoms with Crippen molar-refractivity contribution in [2.75, 3.05) is 13.7 Å². The summed E-state index contributed by atoms with van der Waals surface area (Å²) in [5, 5.41) is 14.8. The number of phenols is 1. The van der Waals surface area contributed by atoms with Gasteiger partial charge >= 0.3 is 5.97 Å². The molecule has 2 aromatic carbocycles. The van der Waals surface area contributed by atoms with E-state index in [1.54, 1.807) is 12.1 Å². The number of ether oxygens (including phenoxy) is 1. The smallest absolute Gasteiger partial charge is 0.309 e. The molecule has 3 aromatic rings. The van der Waals surface area contributed by atoms with E-state index in [1.807, 2.05) is 24.3 Å². The molecule has 0 bridgehead atoms. The highest BCUT2D eigenvalue weighted by Gasteiger charge is 2.39. The van der Waals surface area contributed by atoms with E-state index < -0.39 is 8.32 Å². The molecule has 37 heavy (non-hydrogen) atoms. The van der Waals surface area contributed by atoms with Crippen molar-refractivity contribution < 1.29 is 19.1 Å². The number of hydrogen-bond acceptors (Lipinski definition) is 6.